The second-order valence-corrected chi connectivity index (χ2v) is 6.74. The second-order valence-electron chi connectivity index (χ2n) is 6.74. The molecule has 0 saturated heterocycles. The number of pyridine rings is 1. The normalized spacial score (nSPS) is 21.5. The predicted octanol–water partition coefficient (Wildman–Crippen LogP) is 3.02. The van der Waals surface area contributed by atoms with Gasteiger partial charge in [-0.15, -0.1) is 0 Å². The third-order valence-electron chi connectivity index (χ3n) is 4.51. The van der Waals surface area contributed by atoms with Crippen molar-refractivity contribution in [3.05, 3.63) is 59.2 Å². The van der Waals surface area contributed by atoms with E-state index >= 15 is 0 Å². The summed E-state index contributed by atoms with van der Waals surface area (Å²) >= 11 is 0. The van der Waals surface area contributed by atoms with Crippen molar-refractivity contribution in [2.45, 2.75) is 25.3 Å². The van der Waals surface area contributed by atoms with Gasteiger partial charge in [-0.05, 0) is 43.7 Å². The van der Waals surface area contributed by atoms with E-state index in [1.165, 1.54) is 18.3 Å². The van der Waals surface area contributed by atoms with Gasteiger partial charge in [0.1, 0.15) is 30.6 Å². The number of alkyl halides is 2. The fourth-order valence-electron chi connectivity index (χ4n) is 2.86. The molecule has 148 valence electrons. The van der Waals surface area contributed by atoms with Crippen molar-refractivity contribution in [1.82, 2.24) is 4.98 Å². The number of ether oxygens (including phenoxy) is 1. The summed E-state index contributed by atoms with van der Waals surface area (Å²) in [6.07, 6.45) is 1.52. The van der Waals surface area contributed by atoms with Crippen molar-refractivity contribution >= 4 is 17.4 Å². The number of amides is 1. The molecular formula is C19H19F3N4O2. The first-order valence-corrected chi connectivity index (χ1v) is 8.46. The fourth-order valence-corrected chi connectivity index (χ4v) is 2.86. The molecule has 0 spiro atoms. The molecule has 0 bridgehead atoms. The summed E-state index contributed by atoms with van der Waals surface area (Å²) in [6.45, 7) is 1.67. The Kier molecular flexibility index (Phi) is 5.12. The number of rotatable bonds is 3. The van der Waals surface area contributed by atoms with E-state index in [1.807, 2.05) is 6.92 Å². The Bertz CT molecular complexity index is 931. The predicted molar refractivity (Wildman–Crippen MR) is 98.1 cm³/mol. The summed E-state index contributed by atoms with van der Waals surface area (Å²) in [5.41, 5.74) is 4.06. The monoisotopic (exact) mass is 392 g/mol. The molecule has 0 radical (unpaired) electrons. The molecule has 3 N–H and O–H groups in total. The zero-order valence-corrected chi connectivity index (χ0v) is 15.3. The zero-order valence-electron chi connectivity index (χ0n) is 15.3. The number of anilines is 1. The van der Waals surface area contributed by atoms with Crippen molar-refractivity contribution < 1.29 is 22.7 Å². The first kappa shape index (κ1) is 19.8. The average molecular weight is 392 g/mol. The summed E-state index contributed by atoms with van der Waals surface area (Å²) in [7, 11) is 0. The van der Waals surface area contributed by atoms with E-state index in [2.05, 4.69) is 15.3 Å². The average Bonchev–Trinajstić information content (AvgIpc) is 2.73. The smallest absolute Gasteiger partial charge is 0.299 e. The lowest BCUT2D eigenvalue weighted by Crippen LogP contribution is -2.45. The third kappa shape index (κ3) is 3.70. The minimum atomic E-state index is -3.52. The van der Waals surface area contributed by atoms with Crippen molar-refractivity contribution in [3.8, 4) is 0 Å². The van der Waals surface area contributed by atoms with Crippen LogP contribution in [-0.2, 0) is 10.3 Å². The highest BCUT2D eigenvalue weighted by atomic mass is 19.3. The first-order valence-electron chi connectivity index (χ1n) is 8.46. The van der Waals surface area contributed by atoms with Crippen LogP contribution in [-0.4, -0.2) is 35.9 Å². The Morgan fingerprint density at radius 3 is 2.71 bits per heavy atom. The molecule has 6 nitrogen and oxygen atoms in total. The number of nitrogens with zero attached hydrogens (tertiary/aromatic N) is 2. The molecule has 0 fully saturated rings. The van der Waals surface area contributed by atoms with Crippen LogP contribution in [0.4, 0.5) is 18.9 Å². The number of aryl methyl sites for hydroxylation is 1. The zero-order chi connectivity index (χ0) is 20.5. The van der Waals surface area contributed by atoms with E-state index in [9.17, 15) is 18.0 Å². The maximum Gasteiger partial charge on any atom is 0.299 e. The molecule has 9 heteroatoms. The number of benzene rings is 1. The minimum Gasteiger partial charge on any atom is -0.385 e. The molecule has 0 aliphatic carbocycles. The van der Waals surface area contributed by atoms with Crippen LogP contribution < -0.4 is 11.1 Å². The molecule has 0 saturated carbocycles. The van der Waals surface area contributed by atoms with Gasteiger partial charge < -0.3 is 15.8 Å². The highest BCUT2D eigenvalue weighted by Gasteiger charge is 2.54. The molecular weight excluding hydrogens is 373 g/mol. The van der Waals surface area contributed by atoms with Gasteiger partial charge in [0.05, 0.1) is 0 Å². The van der Waals surface area contributed by atoms with Gasteiger partial charge in [-0.1, -0.05) is 6.07 Å². The Morgan fingerprint density at radius 1 is 1.29 bits per heavy atom. The van der Waals surface area contributed by atoms with Crippen molar-refractivity contribution in [3.63, 3.8) is 0 Å². The lowest BCUT2D eigenvalue weighted by molar-refractivity contribution is -0.116. The Morgan fingerprint density at radius 2 is 2.04 bits per heavy atom. The van der Waals surface area contributed by atoms with E-state index < -0.39 is 35.4 Å². The number of hydrogen-bond donors (Lipinski definition) is 2. The van der Waals surface area contributed by atoms with Crippen LogP contribution in [0.15, 0.2) is 41.5 Å². The quantitative estimate of drug-likeness (QED) is 0.840. The summed E-state index contributed by atoms with van der Waals surface area (Å²) < 4.78 is 48.7. The van der Waals surface area contributed by atoms with Crippen LogP contribution in [0, 0.1) is 12.7 Å². The molecule has 1 aromatic heterocycles. The number of carbonyl (C=O) groups is 1. The lowest BCUT2D eigenvalue weighted by atomic mass is 9.85. The van der Waals surface area contributed by atoms with Gasteiger partial charge >= 0.3 is 0 Å². The molecule has 3 rings (SSSR count). The van der Waals surface area contributed by atoms with Crippen LogP contribution in [0.1, 0.15) is 28.5 Å². The largest absolute Gasteiger partial charge is 0.385 e. The van der Waals surface area contributed by atoms with Gasteiger partial charge in [0, 0.05) is 17.4 Å². The van der Waals surface area contributed by atoms with Gasteiger partial charge in [0.25, 0.3) is 11.8 Å². The Labute approximate surface area is 159 Å². The maximum atomic E-state index is 14.7. The van der Waals surface area contributed by atoms with Gasteiger partial charge in [0.15, 0.2) is 5.54 Å². The third-order valence-corrected chi connectivity index (χ3v) is 4.51. The Balaban J connectivity index is 1.98. The SMILES string of the molecule is Cc1ccc(C(=O)Nc2ccc(F)c(C3(C)N=C(N)COCC3(F)F)c2)nc1. The molecule has 1 atom stereocenters. The van der Waals surface area contributed by atoms with E-state index in [0.717, 1.165) is 24.6 Å². The number of nitrogens with two attached hydrogens (primary N) is 1. The van der Waals surface area contributed by atoms with Crippen molar-refractivity contribution in [2.24, 2.45) is 10.7 Å². The number of nitrogens with one attached hydrogen (secondary N) is 1. The van der Waals surface area contributed by atoms with Crippen LogP contribution in [0.25, 0.3) is 0 Å². The topological polar surface area (TPSA) is 89.6 Å². The van der Waals surface area contributed by atoms with Gasteiger partial charge in [-0.3, -0.25) is 14.8 Å². The molecule has 1 aromatic carbocycles. The molecule has 28 heavy (non-hydrogen) atoms. The van der Waals surface area contributed by atoms with Crippen molar-refractivity contribution in [1.29, 1.82) is 0 Å². The molecule has 1 aliphatic rings. The van der Waals surface area contributed by atoms with Gasteiger partial charge in [-0.2, -0.15) is 0 Å². The standard InChI is InChI=1S/C19H19F3N4O2/c1-11-3-6-15(24-8-11)17(27)25-12-4-5-14(20)13(7-12)18(2)19(21,22)10-28-9-16(23)26-18/h3-8H,9-10H2,1-2H3,(H2,23,26)(H,25,27). The molecule has 1 unspecified atom stereocenters. The summed E-state index contributed by atoms with van der Waals surface area (Å²) in [5, 5.41) is 2.53. The lowest BCUT2D eigenvalue weighted by Gasteiger charge is -2.33. The van der Waals surface area contributed by atoms with Crippen LogP contribution in [0.5, 0.6) is 0 Å². The van der Waals surface area contributed by atoms with Gasteiger partial charge in [0.2, 0.25) is 0 Å². The van der Waals surface area contributed by atoms with E-state index in [0.29, 0.717) is 0 Å². The maximum absolute atomic E-state index is 14.7. The first-order chi connectivity index (χ1) is 13.1. The highest BCUT2D eigenvalue weighted by Crippen LogP contribution is 2.44. The van der Waals surface area contributed by atoms with Crippen LogP contribution in [0.2, 0.25) is 0 Å². The number of halogens is 3. The van der Waals surface area contributed by atoms with E-state index in [4.69, 9.17) is 10.5 Å². The summed E-state index contributed by atoms with van der Waals surface area (Å²) in [5.74, 6) is -5.14. The number of aromatic nitrogens is 1. The number of amidine groups is 1. The van der Waals surface area contributed by atoms with E-state index in [-0.39, 0.29) is 23.8 Å². The highest BCUT2D eigenvalue weighted by molar-refractivity contribution is 6.02. The molecule has 2 aromatic rings. The number of carbonyl (C=O) groups excluding carboxylic acids is 1. The minimum absolute atomic E-state index is 0.125. The summed E-state index contributed by atoms with van der Waals surface area (Å²) in [6, 6.07) is 6.62. The van der Waals surface area contributed by atoms with Crippen LogP contribution >= 0.6 is 0 Å². The molecule has 1 aliphatic heterocycles. The number of hydrogen-bond acceptors (Lipinski definition) is 5. The van der Waals surface area contributed by atoms with Crippen LogP contribution in [0.3, 0.4) is 0 Å². The Hall–Kier alpha value is -2.94. The van der Waals surface area contributed by atoms with Crippen molar-refractivity contribution in [2.75, 3.05) is 18.5 Å². The van der Waals surface area contributed by atoms with Gasteiger partial charge in [-0.25, -0.2) is 13.2 Å². The van der Waals surface area contributed by atoms with E-state index in [1.54, 1.807) is 6.07 Å². The fraction of sp³-hybridized carbons (Fsp3) is 0.316. The number of aliphatic imine (C=N–C) groups is 1. The summed E-state index contributed by atoms with van der Waals surface area (Å²) in [4.78, 5) is 20.2. The molecule has 1 amide bonds. The molecule has 2 heterocycles. The second kappa shape index (κ2) is 7.23.